The van der Waals surface area contributed by atoms with Gasteiger partial charge < -0.3 is 14.6 Å². The molecule has 0 saturated heterocycles. The zero-order chi connectivity index (χ0) is 14.7. The normalized spacial score (nSPS) is 11.6. The summed E-state index contributed by atoms with van der Waals surface area (Å²) in [7, 11) is 1.56. The average Bonchev–Trinajstić information content (AvgIpc) is 2.45. The van der Waals surface area contributed by atoms with E-state index in [0.29, 0.717) is 23.7 Å². The van der Waals surface area contributed by atoms with Crippen LogP contribution in [0.25, 0.3) is 10.8 Å². The maximum absolute atomic E-state index is 11.2. The van der Waals surface area contributed by atoms with Crippen LogP contribution in [0.2, 0.25) is 0 Å². The van der Waals surface area contributed by atoms with Crippen molar-refractivity contribution in [3.05, 3.63) is 30.1 Å². The Kier molecular flexibility index (Phi) is 6.07. The third kappa shape index (κ3) is 3.49. The summed E-state index contributed by atoms with van der Waals surface area (Å²) in [6.07, 6.45) is 3.27. The average molecular weight is 283 g/mol. The fraction of sp³-hybridized carbons (Fsp3) is 0.333. The number of fused-ring (bicyclic) bond motifs is 1. The number of carboxylic acid groups (broad SMARTS) is 1. The van der Waals surface area contributed by atoms with Gasteiger partial charge >= 0.3 is 24.8 Å². The van der Waals surface area contributed by atoms with E-state index in [2.05, 4.69) is 4.98 Å². The Bertz CT molecular complexity index is 645. The second kappa shape index (κ2) is 7.35. The van der Waals surface area contributed by atoms with Crippen LogP contribution in [0.3, 0.4) is 0 Å². The molecule has 1 N–H and O–H groups in total. The van der Waals surface area contributed by atoms with E-state index in [1.807, 2.05) is 13.0 Å². The molecule has 0 spiro atoms. The van der Waals surface area contributed by atoms with Gasteiger partial charge in [0, 0.05) is 17.8 Å². The van der Waals surface area contributed by atoms with E-state index in [0.717, 1.165) is 10.8 Å². The van der Waals surface area contributed by atoms with Gasteiger partial charge in [-0.15, -0.1) is 0 Å². The summed E-state index contributed by atoms with van der Waals surface area (Å²) in [5.41, 5.74) is 0.663. The first kappa shape index (κ1) is 17.3. The van der Waals surface area contributed by atoms with Gasteiger partial charge in [-0.1, -0.05) is 0 Å². The van der Waals surface area contributed by atoms with Crippen LogP contribution in [0.15, 0.2) is 24.5 Å². The molecular weight excluding hydrogens is 265 g/mol. The van der Waals surface area contributed by atoms with Crippen molar-refractivity contribution >= 4 is 35.6 Å². The van der Waals surface area contributed by atoms with Crippen LogP contribution in [0.5, 0.6) is 11.5 Å². The van der Waals surface area contributed by atoms with Crippen LogP contribution in [0.4, 0.5) is 0 Å². The van der Waals surface area contributed by atoms with Crippen molar-refractivity contribution in [1.29, 1.82) is 0 Å². The summed E-state index contributed by atoms with van der Waals surface area (Å²) in [5, 5.41) is 10.8. The maximum atomic E-state index is 11.2. The van der Waals surface area contributed by atoms with E-state index >= 15 is 0 Å². The Morgan fingerprint density at radius 2 is 2.05 bits per heavy atom. The van der Waals surface area contributed by atoms with Crippen LogP contribution >= 0.6 is 0 Å². The molecule has 0 radical (unpaired) electrons. The molecule has 0 bridgehead atoms. The number of hydrogen-bond acceptors (Lipinski definition) is 4. The van der Waals surface area contributed by atoms with Gasteiger partial charge in [0.1, 0.15) is 0 Å². The molecule has 1 aromatic heterocycles. The standard InChI is InChI=1S/C15H17NO4.Li.H/c1-4-20-14-5-10-7-16-8-12(9(2)15(17)18)11(10)6-13(14)19-3;;/h5-9H,4H2,1-3H3,(H,17,18);;. The summed E-state index contributed by atoms with van der Waals surface area (Å²) >= 11 is 0. The molecule has 21 heavy (non-hydrogen) atoms. The number of rotatable bonds is 5. The molecule has 6 heteroatoms. The van der Waals surface area contributed by atoms with E-state index in [1.165, 1.54) is 0 Å². The number of aliphatic carboxylic acids is 1. The molecule has 1 aromatic carbocycles. The Balaban J connectivity index is 0.00000220. The molecule has 0 aliphatic heterocycles. The van der Waals surface area contributed by atoms with Crippen LogP contribution < -0.4 is 9.47 Å². The van der Waals surface area contributed by atoms with Gasteiger partial charge in [0.05, 0.1) is 19.6 Å². The van der Waals surface area contributed by atoms with Gasteiger partial charge in [-0.2, -0.15) is 0 Å². The van der Waals surface area contributed by atoms with Gasteiger partial charge in [0.2, 0.25) is 0 Å². The quantitative estimate of drug-likeness (QED) is 0.852. The first-order valence-electron chi connectivity index (χ1n) is 6.39. The third-order valence-corrected chi connectivity index (χ3v) is 3.21. The van der Waals surface area contributed by atoms with E-state index in [4.69, 9.17) is 9.47 Å². The van der Waals surface area contributed by atoms with Gasteiger partial charge in [-0.05, 0) is 36.9 Å². The molecule has 1 unspecified atom stereocenters. The number of aromatic nitrogens is 1. The fourth-order valence-electron chi connectivity index (χ4n) is 2.11. The van der Waals surface area contributed by atoms with Crippen LogP contribution in [-0.2, 0) is 4.79 Å². The first-order chi connectivity index (χ1) is 9.58. The summed E-state index contributed by atoms with van der Waals surface area (Å²) in [6.45, 7) is 4.06. The summed E-state index contributed by atoms with van der Waals surface area (Å²) in [5.74, 6) is -0.296. The number of pyridine rings is 1. The van der Waals surface area contributed by atoms with Crippen LogP contribution in [0.1, 0.15) is 25.3 Å². The number of nitrogens with zero attached hydrogens (tertiary/aromatic N) is 1. The predicted molar refractivity (Wildman–Crippen MR) is 82.7 cm³/mol. The molecule has 2 aromatic rings. The van der Waals surface area contributed by atoms with Gasteiger partial charge in [0.15, 0.2) is 11.5 Å². The zero-order valence-electron chi connectivity index (χ0n) is 11.7. The Morgan fingerprint density at radius 3 is 2.62 bits per heavy atom. The number of carboxylic acids is 1. The monoisotopic (exact) mass is 283 g/mol. The van der Waals surface area contributed by atoms with Gasteiger partial charge in [-0.25, -0.2) is 0 Å². The summed E-state index contributed by atoms with van der Waals surface area (Å²) in [6, 6.07) is 3.62. The number of benzene rings is 1. The second-order valence-corrected chi connectivity index (χ2v) is 4.45. The second-order valence-electron chi connectivity index (χ2n) is 4.45. The molecule has 0 fully saturated rings. The minimum atomic E-state index is -0.882. The molecule has 0 saturated carbocycles. The number of carbonyl (C=O) groups is 1. The molecule has 108 valence electrons. The van der Waals surface area contributed by atoms with Crippen LogP contribution in [-0.4, -0.2) is 48.6 Å². The number of methoxy groups -OCH3 is 1. The van der Waals surface area contributed by atoms with Crippen molar-refractivity contribution in [1.82, 2.24) is 4.98 Å². The molecule has 0 aliphatic rings. The summed E-state index contributed by atoms with van der Waals surface area (Å²) < 4.78 is 10.8. The topological polar surface area (TPSA) is 68.7 Å². The molecule has 0 aliphatic carbocycles. The minimum absolute atomic E-state index is 0. The molecular formula is C15H18LiNO4. The number of hydrogen-bond donors (Lipinski definition) is 1. The van der Waals surface area contributed by atoms with Crippen LogP contribution in [0, 0.1) is 0 Å². The first-order valence-corrected chi connectivity index (χ1v) is 6.39. The molecule has 5 nitrogen and oxygen atoms in total. The van der Waals surface area contributed by atoms with Crippen molar-refractivity contribution in [2.75, 3.05) is 13.7 Å². The van der Waals surface area contributed by atoms with Crippen molar-refractivity contribution in [3.63, 3.8) is 0 Å². The van der Waals surface area contributed by atoms with Crippen molar-refractivity contribution < 1.29 is 19.4 Å². The van der Waals surface area contributed by atoms with E-state index in [1.54, 1.807) is 32.5 Å². The van der Waals surface area contributed by atoms with Gasteiger partial charge in [-0.3, -0.25) is 9.78 Å². The predicted octanol–water partition coefficient (Wildman–Crippen LogP) is 2.18. The SMILES string of the molecule is CCOc1cc2cncc(C(C)C(=O)O)c2cc1OC.[LiH]. The molecule has 0 amide bonds. The van der Waals surface area contributed by atoms with Crippen molar-refractivity contribution in [3.8, 4) is 11.5 Å². The summed E-state index contributed by atoms with van der Waals surface area (Å²) in [4.78, 5) is 15.3. The fourth-order valence-corrected chi connectivity index (χ4v) is 2.11. The molecule has 1 atom stereocenters. The zero-order valence-corrected chi connectivity index (χ0v) is 11.7. The van der Waals surface area contributed by atoms with Gasteiger partial charge in [0.25, 0.3) is 0 Å². The Hall–Kier alpha value is -1.70. The van der Waals surface area contributed by atoms with E-state index in [9.17, 15) is 9.90 Å². The van der Waals surface area contributed by atoms with E-state index < -0.39 is 11.9 Å². The Labute approximate surface area is 135 Å². The van der Waals surface area contributed by atoms with E-state index in [-0.39, 0.29) is 18.9 Å². The van der Waals surface area contributed by atoms with Crippen molar-refractivity contribution in [2.24, 2.45) is 0 Å². The third-order valence-electron chi connectivity index (χ3n) is 3.21. The molecule has 2 rings (SSSR count). The Morgan fingerprint density at radius 1 is 1.33 bits per heavy atom. The molecule has 1 heterocycles. The number of ether oxygens (including phenoxy) is 2. The van der Waals surface area contributed by atoms with Crippen molar-refractivity contribution in [2.45, 2.75) is 19.8 Å².